The first-order valence-corrected chi connectivity index (χ1v) is 14.7. The van der Waals surface area contributed by atoms with Crippen LogP contribution in [0.2, 0.25) is 0 Å². The van der Waals surface area contributed by atoms with Gasteiger partial charge < -0.3 is 14.0 Å². The molecule has 2 saturated heterocycles. The van der Waals surface area contributed by atoms with Crippen LogP contribution < -0.4 is 10.2 Å². The van der Waals surface area contributed by atoms with Crippen LogP contribution in [0.1, 0.15) is 43.4 Å². The summed E-state index contributed by atoms with van der Waals surface area (Å²) in [5, 5.41) is 27.1. The van der Waals surface area contributed by atoms with E-state index in [-0.39, 0.29) is 24.1 Å². The van der Waals surface area contributed by atoms with E-state index in [0.717, 1.165) is 52.6 Å². The minimum absolute atomic E-state index is 0.0455. The van der Waals surface area contributed by atoms with Gasteiger partial charge in [0.25, 0.3) is 0 Å². The first kappa shape index (κ1) is 27.3. The molecule has 1 aromatic heterocycles. The summed E-state index contributed by atoms with van der Waals surface area (Å²) < 4.78 is 13.9. The number of aromatic nitrogens is 3. The van der Waals surface area contributed by atoms with Crippen molar-refractivity contribution in [3.05, 3.63) is 88.3 Å². The lowest BCUT2D eigenvalue weighted by Crippen LogP contribution is -2.49. The number of piperidine rings is 2. The smallest absolute Gasteiger partial charge is 0.182 e. The van der Waals surface area contributed by atoms with E-state index in [2.05, 4.69) is 34.5 Å². The number of hydrogen-bond acceptors (Lipinski definition) is 8. The van der Waals surface area contributed by atoms with Crippen LogP contribution in [0.15, 0.2) is 81.2 Å². The van der Waals surface area contributed by atoms with E-state index in [0.29, 0.717) is 48.8 Å². The molecule has 10 nitrogen and oxygen atoms in total. The minimum Gasteiger partial charge on any atom is -0.487 e. The number of nitrogens with zero attached hydrogens (tertiary/aromatic N) is 5. The lowest BCUT2D eigenvalue weighted by molar-refractivity contribution is -0.231. The van der Waals surface area contributed by atoms with E-state index >= 15 is 0 Å². The Hall–Kier alpha value is -4.54. The SMILES string of the molecule is Cc1ccccc1-c1c2ccc(=O)cc-2oc2cc(OCc3cn(CCON=C4CC5CCCC(C4)N5[O])nn3)ccc12. The molecule has 0 N–H and O–H groups in total. The number of fused-ring (bicyclic) bond motifs is 4. The van der Waals surface area contributed by atoms with Crippen molar-refractivity contribution in [3.8, 4) is 28.2 Å². The second kappa shape index (κ2) is 11.6. The molecule has 2 aromatic carbocycles. The fourth-order valence-corrected chi connectivity index (χ4v) is 6.25. The van der Waals surface area contributed by atoms with Crippen molar-refractivity contribution in [2.75, 3.05) is 6.61 Å². The zero-order chi connectivity index (χ0) is 29.3. The number of hydroxylamine groups is 2. The monoisotopic (exact) mass is 578 g/mol. The van der Waals surface area contributed by atoms with Crippen molar-refractivity contribution in [2.45, 2.75) is 64.3 Å². The molecular weight excluding hydrogens is 546 g/mol. The van der Waals surface area contributed by atoms with E-state index in [4.69, 9.17) is 14.0 Å². The average Bonchev–Trinajstić information content (AvgIpc) is 3.45. The molecule has 2 bridgehead atoms. The van der Waals surface area contributed by atoms with E-state index in [1.54, 1.807) is 10.7 Å². The molecule has 43 heavy (non-hydrogen) atoms. The van der Waals surface area contributed by atoms with Crippen LogP contribution in [0, 0.1) is 6.92 Å². The molecule has 219 valence electrons. The Kier molecular flexibility index (Phi) is 7.38. The Morgan fingerprint density at radius 2 is 1.86 bits per heavy atom. The highest BCUT2D eigenvalue weighted by Crippen LogP contribution is 2.41. The molecule has 0 spiro atoms. The van der Waals surface area contributed by atoms with E-state index in [9.17, 15) is 10.0 Å². The third-order valence-electron chi connectivity index (χ3n) is 8.39. The summed E-state index contributed by atoms with van der Waals surface area (Å²) in [6.45, 7) is 3.16. The summed E-state index contributed by atoms with van der Waals surface area (Å²) in [5.74, 6) is 1.15. The van der Waals surface area contributed by atoms with Gasteiger partial charge in [0.1, 0.15) is 36.0 Å². The highest BCUT2D eigenvalue weighted by atomic mass is 16.6. The fourth-order valence-electron chi connectivity index (χ4n) is 6.25. The van der Waals surface area contributed by atoms with Gasteiger partial charge in [-0.2, -0.15) is 0 Å². The molecule has 2 atom stereocenters. The highest BCUT2D eigenvalue weighted by molar-refractivity contribution is 6.02. The Bertz CT molecular complexity index is 1810. The van der Waals surface area contributed by atoms with Gasteiger partial charge in [0.2, 0.25) is 0 Å². The first-order valence-electron chi connectivity index (χ1n) is 14.7. The van der Waals surface area contributed by atoms with Gasteiger partial charge in [-0.3, -0.25) is 4.79 Å². The second-order valence-electron chi connectivity index (χ2n) is 11.4. The van der Waals surface area contributed by atoms with Crippen molar-refractivity contribution in [3.63, 3.8) is 0 Å². The highest BCUT2D eigenvalue weighted by Gasteiger charge is 2.37. The molecule has 0 amide bonds. The van der Waals surface area contributed by atoms with Crippen LogP contribution in [0.3, 0.4) is 0 Å². The summed E-state index contributed by atoms with van der Waals surface area (Å²) in [6, 6.07) is 19.0. The Morgan fingerprint density at radius 3 is 2.70 bits per heavy atom. The van der Waals surface area contributed by atoms with Crippen LogP contribution in [0.5, 0.6) is 5.75 Å². The Morgan fingerprint density at radius 1 is 1.02 bits per heavy atom. The average molecular weight is 579 g/mol. The predicted octanol–water partition coefficient (Wildman–Crippen LogP) is 5.78. The van der Waals surface area contributed by atoms with E-state index < -0.39 is 0 Å². The number of benzene rings is 3. The van der Waals surface area contributed by atoms with Crippen LogP contribution in [0.4, 0.5) is 0 Å². The van der Waals surface area contributed by atoms with Crippen molar-refractivity contribution >= 4 is 16.7 Å². The van der Waals surface area contributed by atoms with Crippen molar-refractivity contribution in [2.24, 2.45) is 5.16 Å². The molecule has 1 radical (unpaired) electrons. The maximum absolute atomic E-state index is 12.2. The topological polar surface area (TPSA) is 115 Å². The molecule has 0 saturated carbocycles. The number of hydrogen-bond donors (Lipinski definition) is 0. The van der Waals surface area contributed by atoms with Crippen molar-refractivity contribution in [1.29, 1.82) is 0 Å². The van der Waals surface area contributed by atoms with Crippen LogP contribution in [0.25, 0.3) is 33.4 Å². The molecule has 3 aliphatic heterocycles. The standard InChI is InChI=1S/C33H32N5O5/c1-21-5-2-3-8-28(21)33-29-11-9-26(39)17-31(29)43-32-18-27(10-12-30(32)33)41-20-23-19-37(36-34-23)13-14-42-35-22-15-24-6-4-7-25(16-22)38(24)40/h2-3,5,8-12,17-19,24-25H,4,6-7,13-16,20H2,1H3. The van der Waals surface area contributed by atoms with Gasteiger partial charge in [-0.1, -0.05) is 41.1 Å². The molecule has 2 fully saturated rings. The zero-order valence-electron chi connectivity index (χ0n) is 23.9. The van der Waals surface area contributed by atoms with E-state index in [1.807, 2.05) is 42.6 Å². The van der Waals surface area contributed by atoms with Crippen LogP contribution in [-0.4, -0.2) is 44.5 Å². The normalized spacial score (nSPS) is 18.7. The summed E-state index contributed by atoms with van der Waals surface area (Å²) in [6.07, 6.45) is 6.19. The molecule has 10 heteroatoms. The molecule has 1 aliphatic carbocycles. The van der Waals surface area contributed by atoms with Gasteiger partial charge in [0.15, 0.2) is 5.43 Å². The van der Waals surface area contributed by atoms with E-state index in [1.165, 1.54) is 11.1 Å². The lowest BCUT2D eigenvalue weighted by atomic mass is 9.85. The summed E-state index contributed by atoms with van der Waals surface area (Å²) >= 11 is 0. The first-order chi connectivity index (χ1) is 21.0. The molecule has 2 unspecified atom stereocenters. The molecule has 7 rings (SSSR count). The van der Waals surface area contributed by atoms with Gasteiger partial charge in [0, 0.05) is 53.6 Å². The molecule has 4 aliphatic rings. The largest absolute Gasteiger partial charge is 0.487 e. The number of oxime groups is 1. The Balaban J connectivity index is 1.02. The third-order valence-corrected chi connectivity index (χ3v) is 8.39. The molecule has 3 aromatic rings. The molecular formula is C33H32N5O5. The lowest BCUT2D eigenvalue weighted by Gasteiger charge is -2.40. The third kappa shape index (κ3) is 5.63. The maximum atomic E-state index is 12.2. The van der Waals surface area contributed by atoms with Crippen LogP contribution >= 0.6 is 0 Å². The Labute approximate surface area is 248 Å². The number of aryl methyl sites for hydroxylation is 1. The minimum atomic E-state index is -0.105. The maximum Gasteiger partial charge on any atom is 0.182 e. The predicted molar refractivity (Wildman–Crippen MR) is 160 cm³/mol. The summed E-state index contributed by atoms with van der Waals surface area (Å²) in [4.78, 5) is 17.7. The molecule has 4 heterocycles. The van der Waals surface area contributed by atoms with Crippen molar-refractivity contribution < 1.29 is 19.2 Å². The van der Waals surface area contributed by atoms with Gasteiger partial charge in [-0.15, -0.1) is 15.4 Å². The van der Waals surface area contributed by atoms with Gasteiger partial charge >= 0.3 is 0 Å². The number of rotatable bonds is 8. The van der Waals surface area contributed by atoms with Crippen LogP contribution in [-0.2, 0) is 23.2 Å². The van der Waals surface area contributed by atoms with Gasteiger partial charge in [-0.25, -0.2) is 4.68 Å². The zero-order valence-corrected chi connectivity index (χ0v) is 23.9. The quantitative estimate of drug-likeness (QED) is 0.130. The summed E-state index contributed by atoms with van der Waals surface area (Å²) in [5.41, 5.74) is 6.30. The summed E-state index contributed by atoms with van der Waals surface area (Å²) in [7, 11) is 0. The second-order valence-corrected chi connectivity index (χ2v) is 11.4. The van der Waals surface area contributed by atoms with Gasteiger partial charge in [-0.05, 0) is 55.2 Å². The number of ether oxygens (including phenoxy) is 1. The van der Waals surface area contributed by atoms with Gasteiger partial charge in [0.05, 0.1) is 18.5 Å². The fraction of sp³-hybridized carbons (Fsp3) is 0.333. The van der Waals surface area contributed by atoms with Crippen molar-refractivity contribution in [1.82, 2.24) is 20.1 Å².